The van der Waals surface area contributed by atoms with E-state index in [0.717, 1.165) is 36.1 Å². The number of rotatable bonds is 4. The van der Waals surface area contributed by atoms with Crippen molar-refractivity contribution in [2.75, 3.05) is 11.9 Å². The molecule has 2 rings (SSSR count). The average Bonchev–Trinajstić information content (AvgIpc) is 2.49. The Morgan fingerprint density at radius 1 is 1.41 bits per heavy atom. The van der Waals surface area contributed by atoms with Gasteiger partial charge in [0, 0.05) is 6.42 Å². The van der Waals surface area contributed by atoms with Gasteiger partial charge in [-0.05, 0) is 30.5 Å². The van der Waals surface area contributed by atoms with Crippen molar-refractivity contribution in [3.05, 3.63) is 23.8 Å². The van der Waals surface area contributed by atoms with Crippen LogP contribution in [0.2, 0.25) is 0 Å². The number of benzene rings is 1. The highest BCUT2D eigenvalue weighted by atomic mass is 16.5. The number of aldehydes is 1. The Bertz CT molecular complexity index is 429. The molecule has 1 amide bonds. The van der Waals surface area contributed by atoms with Gasteiger partial charge in [0.2, 0.25) is 5.91 Å². The number of unbranched alkanes of at least 4 members (excludes halogenated alkanes) is 1. The van der Waals surface area contributed by atoms with Crippen LogP contribution in [0, 0.1) is 0 Å². The number of hydrogen-bond donors (Lipinski definition) is 1. The van der Waals surface area contributed by atoms with Gasteiger partial charge in [0.05, 0.1) is 18.7 Å². The summed E-state index contributed by atoms with van der Waals surface area (Å²) in [6.45, 7) is 0.420. The Labute approximate surface area is 100.0 Å². The maximum Gasteiger partial charge on any atom is 0.227 e. The van der Waals surface area contributed by atoms with E-state index in [2.05, 4.69) is 5.32 Å². The Morgan fingerprint density at radius 3 is 3.12 bits per heavy atom. The first-order valence-electron chi connectivity index (χ1n) is 5.79. The second-order valence-corrected chi connectivity index (χ2v) is 4.04. The third kappa shape index (κ3) is 3.06. The number of aryl methyl sites for hydroxylation is 1. The largest absolute Gasteiger partial charge is 0.491 e. The Hall–Kier alpha value is -1.84. The monoisotopic (exact) mass is 233 g/mol. The molecule has 17 heavy (non-hydrogen) atoms. The number of carbonyl (C=O) groups excluding carboxylic acids is 2. The molecule has 0 aromatic heterocycles. The van der Waals surface area contributed by atoms with Crippen LogP contribution in [0.3, 0.4) is 0 Å². The van der Waals surface area contributed by atoms with Crippen molar-refractivity contribution < 1.29 is 14.3 Å². The highest BCUT2D eigenvalue weighted by Crippen LogP contribution is 2.28. The fraction of sp³-hybridized carbons (Fsp3) is 0.385. The van der Waals surface area contributed by atoms with Gasteiger partial charge < -0.3 is 14.8 Å². The molecule has 0 fully saturated rings. The Balaban J connectivity index is 2.11. The molecule has 1 aromatic carbocycles. The minimum atomic E-state index is -0.0196. The number of hydrogen-bond acceptors (Lipinski definition) is 3. The molecule has 0 saturated carbocycles. The van der Waals surface area contributed by atoms with E-state index in [9.17, 15) is 9.59 Å². The molecule has 1 aliphatic rings. The van der Waals surface area contributed by atoms with Crippen LogP contribution in [0.4, 0.5) is 5.69 Å². The minimum absolute atomic E-state index is 0.0196. The van der Waals surface area contributed by atoms with Crippen molar-refractivity contribution in [2.24, 2.45) is 0 Å². The van der Waals surface area contributed by atoms with Gasteiger partial charge in [-0.15, -0.1) is 0 Å². The van der Waals surface area contributed by atoms with Gasteiger partial charge in [-0.3, -0.25) is 4.79 Å². The molecule has 4 heteroatoms. The molecule has 0 saturated heterocycles. The van der Waals surface area contributed by atoms with Crippen molar-refractivity contribution in [1.29, 1.82) is 0 Å². The number of ether oxygens (including phenoxy) is 1. The second kappa shape index (κ2) is 5.48. The SMILES string of the molecule is O=CCCCc1ccc2c(c1)NC(=O)CCO2. The molecule has 0 aliphatic carbocycles. The summed E-state index contributed by atoms with van der Waals surface area (Å²) >= 11 is 0. The van der Waals surface area contributed by atoms with E-state index in [4.69, 9.17) is 4.74 Å². The van der Waals surface area contributed by atoms with Crippen molar-refractivity contribution in [2.45, 2.75) is 25.7 Å². The van der Waals surface area contributed by atoms with Crippen molar-refractivity contribution in [1.82, 2.24) is 0 Å². The Morgan fingerprint density at radius 2 is 2.29 bits per heavy atom. The van der Waals surface area contributed by atoms with Crippen LogP contribution in [-0.4, -0.2) is 18.8 Å². The van der Waals surface area contributed by atoms with Gasteiger partial charge in [-0.2, -0.15) is 0 Å². The molecule has 0 bridgehead atoms. The molecule has 0 unspecified atom stereocenters. The fourth-order valence-electron chi connectivity index (χ4n) is 1.81. The van der Waals surface area contributed by atoms with Crippen LogP contribution >= 0.6 is 0 Å². The number of amides is 1. The van der Waals surface area contributed by atoms with Crippen LogP contribution in [0.15, 0.2) is 18.2 Å². The first-order chi connectivity index (χ1) is 8.29. The third-order valence-electron chi connectivity index (χ3n) is 2.69. The zero-order valence-corrected chi connectivity index (χ0v) is 9.57. The summed E-state index contributed by atoms with van der Waals surface area (Å²) in [6, 6.07) is 5.77. The van der Waals surface area contributed by atoms with Crippen LogP contribution in [0.25, 0.3) is 0 Å². The molecule has 90 valence electrons. The fourth-order valence-corrected chi connectivity index (χ4v) is 1.81. The van der Waals surface area contributed by atoms with Crippen LogP contribution < -0.4 is 10.1 Å². The second-order valence-electron chi connectivity index (χ2n) is 4.04. The molecule has 1 N–H and O–H groups in total. The summed E-state index contributed by atoms with van der Waals surface area (Å²) in [5, 5.41) is 2.82. The zero-order chi connectivity index (χ0) is 12.1. The van der Waals surface area contributed by atoms with Gasteiger partial charge in [0.1, 0.15) is 12.0 Å². The molecule has 1 aromatic rings. The van der Waals surface area contributed by atoms with Crippen LogP contribution in [-0.2, 0) is 16.0 Å². The third-order valence-corrected chi connectivity index (χ3v) is 2.69. The zero-order valence-electron chi connectivity index (χ0n) is 9.57. The lowest BCUT2D eigenvalue weighted by molar-refractivity contribution is -0.116. The molecule has 0 radical (unpaired) electrons. The molecular formula is C13H15NO3. The highest BCUT2D eigenvalue weighted by Gasteiger charge is 2.13. The van der Waals surface area contributed by atoms with E-state index in [1.807, 2.05) is 18.2 Å². The number of anilines is 1. The first-order valence-corrected chi connectivity index (χ1v) is 5.79. The van der Waals surface area contributed by atoms with Gasteiger partial charge in [0.15, 0.2) is 0 Å². The molecule has 0 spiro atoms. The van der Waals surface area contributed by atoms with E-state index in [-0.39, 0.29) is 5.91 Å². The van der Waals surface area contributed by atoms with E-state index < -0.39 is 0 Å². The van der Waals surface area contributed by atoms with Crippen LogP contribution in [0.1, 0.15) is 24.8 Å². The standard InChI is InChI=1S/C13H15NO3/c15-7-2-1-3-10-4-5-12-11(9-10)14-13(16)6-8-17-12/h4-5,7,9H,1-3,6,8H2,(H,14,16). The summed E-state index contributed by atoms with van der Waals surface area (Å²) in [4.78, 5) is 21.6. The summed E-state index contributed by atoms with van der Waals surface area (Å²) in [5.74, 6) is 0.698. The summed E-state index contributed by atoms with van der Waals surface area (Å²) in [7, 11) is 0. The summed E-state index contributed by atoms with van der Waals surface area (Å²) < 4.78 is 5.46. The van der Waals surface area contributed by atoms with Crippen molar-refractivity contribution in [3.8, 4) is 5.75 Å². The van der Waals surface area contributed by atoms with E-state index >= 15 is 0 Å². The van der Waals surface area contributed by atoms with Gasteiger partial charge in [-0.1, -0.05) is 6.07 Å². The lowest BCUT2D eigenvalue weighted by Crippen LogP contribution is -2.10. The highest BCUT2D eigenvalue weighted by molar-refractivity contribution is 5.93. The van der Waals surface area contributed by atoms with E-state index in [1.165, 1.54) is 0 Å². The van der Waals surface area contributed by atoms with Crippen molar-refractivity contribution in [3.63, 3.8) is 0 Å². The smallest absolute Gasteiger partial charge is 0.227 e. The molecule has 4 nitrogen and oxygen atoms in total. The van der Waals surface area contributed by atoms with E-state index in [0.29, 0.717) is 19.4 Å². The van der Waals surface area contributed by atoms with Gasteiger partial charge in [-0.25, -0.2) is 0 Å². The molecule has 1 aliphatic heterocycles. The summed E-state index contributed by atoms with van der Waals surface area (Å²) in [6.07, 6.45) is 3.54. The predicted octanol–water partition coefficient (Wildman–Crippen LogP) is 1.93. The molecule has 1 heterocycles. The van der Waals surface area contributed by atoms with Crippen molar-refractivity contribution >= 4 is 17.9 Å². The predicted molar refractivity (Wildman–Crippen MR) is 64.2 cm³/mol. The molecular weight excluding hydrogens is 218 g/mol. The van der Waals surface area contributed by atoms with Gasteiger partial charge >= 0.3 is 0 Å². The maximum atomic E-state index is 11.4. The topological polar surface area (TPSA) is 55.4 Å². The lowest BCUT2D eigenvalue weighted by Gasteiger charge is -2.08. The maximum absolute atomic E-state index is 11.4. The van der Waals surface area contributed by atoms with E-state index in [1.54, 1.807) is 0 Å². The van der Waals surface area contributed by atoms with Crippen LogP contribution in [0.5, 0.6) is 5.75 Å². The normalized spacial score (nSPS) is 14.2. The Kier molecular flexibility index (Phi) is 3.75. The number of fused-ring (bicyclic) bond motifs is 1. The quantitative estimate of drug-likeness (QED) is 0.638. The first kappa shape index (κ1) is 11.6. The van der Waals surface area contributed by atoms with Gasteiger partial charge in [0.25, 0.3) is 0 Å². The number of carbonyl (C=O) groups is 2. The number of nitrogens with one attached hydrogen (secondary N) is 1. The minimum Gasteiger partial charge on any atom is -0.491 e. The molecule has 0 atom stereocenters. The lowest BCUT2D eigenvalue weighted by atomic mass is 10.1. The average molecular weight is 233 g/mol. The summed E-state index contributed by atoms with van der Waals surface area (Å²) in [5.41, 5.74) is 1.84.